The first-order chi connectivity index (χ1) is 7.36. The van der Waals surface area contributed by atoms with Crippen LogP contribution in [-0.4, -0.2) is 24.6 Å². The highest BCUT2D eigenvalue weighted by molar-refractivity contribution is 5.47. The number of piperidine rings is 1. The number of rotatable bonds is 3. The molecule has 15 heavy (non-hydrogen) atoms. The van der Waals surface area contributed by atoms with E-state index in [9.17, 15) is 0 Å². The number of hydrogen-bond donors (Lipinski definition) is 2. The molecule has 1 aliphatic heterocycles. The Kier molecular flexibility index (Phi) is 3.56. The number of hydrogen-bond acceptors (Lipinski definition) is 3. The second-order valence-corrected chi connectivity index (χ2v) is 4.28. The third-order valence-corrected chi connectivity index (χ3v) is 3.02. The summed E-state index contributed by atoms with van der Waals surface area (Å²) in [6.07, 6.45) is 6.38. The van der Waals surface area contributed by atoms with E-state index < -0.39 is 0 Å². The molecule has 1 aromatic rings. The van der Waals surface area contributed by atoms with Crippen LogP contribution in [0.3, 0.4) is 0 Å². The van der Waals surface area contributed by atoms with E-state index in [1.807, 2.05) is 18.5 Å². The highest BCUT2D eigenvalue weighted by Gasteiger charge is 2.12. The second kappa shape index (κ2) is 5.12. The molecule has 1 aliphatic rings. The Morgan fingerprint density at radius 3 is 3.27 bits per heavy atom. The first-order valence-corrected chi connectivity index (χ1v) is 5.71. The average molecular weight is 205 g/mol. The molecule has 2 N–H and O–H groups in total. The van der Waals surface area contributed by atoms with E-state index in [0.717, 1.165) is 19.0 Å². The summed E-state index contributed by atoms with van der Waals surface area (Å²) in [6.45, 7) is 5.50. The third kappa shape index (κ3) is 2.93. The van der Waals surface area contributed by atoms with Crippen molar-refractivity contribution in [1.29, 1.82) is 0 Å². The first kappa shape index (κ1) is 10.4. The zero-order valence-corrected chi connectivity index (χ0v) is 9.29. The molecule has 1 aromatic heterocycles. The van der Waals surface area contributed by atoms with Crippen molar-refractivity contribution in [2.75, 3.05) is 25.0 Å². The lowest BCUT2D eigenvalue weighted by Gasteiger charge is -2.23. The molecular formula is C12H19N3. The maximum absolute atomic E-state index is 4.13. The van der Waals surface area contributed by atoms with Gasteiger partial charge in [0.25, 0.3) is 0 Å². The second-order valence-electron chi connectivity index (χ2n) is 4.28. The molecule has 1 fully saturated rings. The Hall–Kier alpha value is -1.09. The molecule has 2 heterocycles. The molecule has 3 heteroatoms. The molecule has 1 saturated heterocycles. The van der Waals surface area contributed by atoms with E-state index in [1.165, 1.54) is 30.6 Å². The summed E-state index contributed by atoms with van der Waals surface area (Å²) in [6, 6.07) is 2.04. The Balaban J connectivity index is 1.84. The van der Waals surface area contributed by atoms with Crippen molar-refractivity contribution in [3.63, 3.8) is 0 Å². The third-order valence-electron chi connectivity index (χ3n) is 3.02. The number of pyridine rings is 1. The van der Waals surface area contributed by atoms with Crippen LogP contribution >= 0.6 is 0 Å². The lowest BCUT2D eigenvalue weighted by molar-refractivity contribution is 0.393. The minimum Gasteiger partial charge on any atom is -0.383 e. The fourth-order valence-electron chi connectivity index (χ4n) is 2.00. The van der Waals surface area contributed by atoms with Crippen LogP contribution in [0.25, 0.3) is 0 Å². The van der Waals surface area contributed by atoms with Gasteiger partial charge in [-0.1, -0.05) is 0 Å². The van der Waals surface area contributed by atoms with Gasteiger partial charge in [0.2, 0.25) is 0 Å². The van der Waals surface area contributed by atoms with Crippen LogP contribution in [0.5, 0.6) is 0 Å². The Bertz CT molecular complexity index is 305. The van der Waals surface area contributed by atoms with E-state index in [-0.39, 0.29) is 0 Å². The van der Waals surface area contributed by atoms with Gasteiger partial charge in [0.1, 0.15) is 0 Å². The summed E-state index contributed by atoms with van der Waals surface area (Å²) in [5.41, 5.74) is 2.44. The Morgan fingerprint density at radius 2 is 2.53 bits per heavy atom. The van der Waals surface area contributed by atoms with E-state index >= 15 is 0 Å². The van der Waals surface area contributed by atoms with Crippen molar-refractivity contribution in [2.24, 2.45) is 5.92 Å². The molecular weight excluding hydrogens is 186 g/mol. The molecule has 0 spiro atoms. The minimum atomic E-state index is 0.762. The van der Waals surface area contributed by atoms with Gasteiger partial charge in [-0.2, -0.15) is 0 Å². The maximum Gasteiger partial charge on any atom is 0.0556 e. The van der Waals surface area contributed by atoms with Crippen molar-refractivity contribution >= 4 is 5.69 Å². The van der Waals surface area contributed by atoms with Gasteiger partial charge < -0.3 is 10.6 Å². The van der Waals surface area contributed by atoms with Crippen molar-refractivity contribution in [3.05, 3.63) is 24.0 Å². The van der Waals surface area contributed by atoms with E-state index in [4.69, 9.17) is 0 Å². The van der Waals surface area contributed by atoms with Gasteiger partial charge in [0, 0.05) is 12.7 Å². The number of nitrogens with zero attached hydrogens (tertiary/aromatic N) is 1. The summed E-state index contributed by atoms with van der Waals surface area (Å²) in [5.74, 6) is 0.762. The summed E-state index contributed by atoms with van der Waals surface area (Å²) in [5, 5.41) is 6.91. The highest BCUT2D eigenvalue weighted by atomic mass is 14.9. The topological polar surface area (TPSA) is 37.0 Å². The van der Waals surface area contributed by atoms with Crippen molar-refractivity contribution in [3.8, 4) is 0 Å². The van der Waals surface area contributed by atoms with Crippen molar-refractivity contribution < 1.29 is 0 Å². The van der Waals surface area contributed by atoms with Crippen LogP contribution in [0.4, 0.5) is 5.69 Å². The number of anilines is 1. The van der Waals surface area contributed by atoms with Crippen LogP contribution in [-0.2, 0) is 0 Å². The number of aryl methyl sites for hydroxylation is 1. The van der Waals surface area contributed by atoms with Gasteiger partial charge in [-0.15, -0.1) is 0 Å². The lowest BCUT2D eigenvalue weighted by Crippen LogP contribution is -2.33. The predicted molar refractivity (Wildman–Crippen MR) is 63.1 cm³/mol. The Labute approximate surface area is 91.3 Å². The molecule has 82 valence electrons. The molecule has 2 rings (SSSR count). The molecule has 0 radical (unpaired) electrons. The zero-order valence-electron chi connectivity index (χ0n) is 9.29. The fraction of sp³-hybridized carbons (Fsp3) is 0.583. The monoisotopic (exact) mass is 205 g/mol. The van der Waals surface area contributed by atoms with Gasteiger partial charge >= 0.3 is 0 Å². The van der Waals surface area contributed by atoms with Gasteiger partial charge in [0.15, 0.2) is 0 Å². The van der Waals surface area contributed by atoms with Crippen molar-refractivity contribution in [2.45, 2.75) is 19.8 Å². The normalized spacial score (nSPS) is 21.3. The molecule has 0 saturated carbocycles. The Morgan fingerprint density at radius 1 is 1.60 bits per heavy atom. The van der Waals surface area contributed by atoms with E-state index in [2.05, 4.69) is 22.5 Å². The van der Waals surface area contributed by atoms with Gasteiger partial charge in [-0.3, -0.25) is 4.98 Å². The standard InChI is InChI=1S/C12H19N3/c1-10-4-6-14-9-12(10)15-8-11-3-2-5-13-7-11/h4,6,9,11,13,15H,2-3,5,7-8H2,1H3. The molecule has 0 aromatic carbocycles. The van der Waals surface area contributed by atoms with Crippen LogP contribution in [0.2, 0.25) is 0 Å². The first-order valence-electron chi connectivity index (χ1n) is 5.71. The highest BCUT2D eigenvalue weighted by Crippen LogP contribution is 2.14. The van der Waals surface area contributed by atoms with Gasteiger partial charge in [-0.05, 0) is 50.4 Å². The van der Waals surface area contributed by atoms with Gasteiger partial charge in [0.05, 0.1) is 11.9 Å². The number of nitrogens with one attached hydrogen (secondary N) is 2. The quantitative estimate of drug-likeness (QED) is 0.790. The predicted octanol–water partition coefficient (Wildman–Crippen LogP) is 1.80. The molecule has 0 amide bonds. The van der Waals surface area contributed by atoms with Gasteiger partial charge in [-0.25, -0.2) is 0 Å². The molecule has 1 atom stereocenters. The number of aromatic nitrogens is 1. The van der Waals surface area contributed by atoms with Crippen LogP contribution in [0.1, 0.15) is 18.4 Å². The summed E-state index contributed by atoms with van der Waals surface area (Å²) < 4.78 is 0. The molecule has 3 nitrogen and oxygen atoms in total. The summed E-state index contributed by atoms with van der Waals surface area (Å²) >= 11 is 0. The molecule has 1 unspecified atom stereocenters. The zero-order chi connectivity index (χ0) is 10.5. The largest absolute Gasteiger partial charge is 0.383 e. The summed E-state index contributed by atoms with van der Waals surface area (Å²) in [7, 11) is 0. The lowest BCUT2D eigenvalue weighted by atomic mass is 9.99. The fourth-order valence-corrected chi connectivity index (χ4v) is 2.00. The van der Waals surface area contributed by atoms with Crippen LogP contribution in [0.15, 0.2) is 18.5 Å². The van der Waals surface area contributed by atoms with E-state index in [1.54, 1.807) is 0 Å². The average Bonchev–Trinajstić information content (AvgIpc) is 2.29. The maximum atomic E-state index is 4.13. The van der Waals surface area contributed by atoms with E-state index in [0.29, 0.717) is 0 Å². The smallest absolute Gasteiger partial charge is 0.0556 e. The minimum absolute atomic E-state index is 0.762. The van der Waals surface area contributed by atoms with Crippen LogP contribution in [0, 0.1) is 12.8 Å². The molecule has 0 aliphatic carbocycles. The van der Waals surface area contributed by atoms with Crippen LogP contribution < -0.4 is 10.6 Å². The van der Waals surface area contributed by atoms with Crippen molar-refractivity contribution in [1.82, 2.24) is 10.3 Å². The molecule has 0 bridgehead atoms. The summed E-state index contributed by atoms with van der Waals surface area (Å²) in [4.78, 5) is 4.13. The SMILES string of the molecule is Cc1ccncc1NCC1CCCNC1.